The summed E-state index contributed by atoms with van der Waals surface area (Å²) in [5.74, 6) is -1.62. The first-order valence-corrected chi connectivity index (χ1v) is 6.08. The molecule has 0 saturated heterocycles. The number of aliphatic carboxylic acids is 1. The molecule has 19 heavy (non-hydrogen) atoms. The Bertz CT molecular complexity index is 486. The number of rotatable bonds is 5. The average molecular weight is 264 g/mol. The molecule has 1 aromatic carbocycles. The van der Waals surface area contributed by atoms with Crippen molar-refractivity contribution in [2.75, 3.05) is 14.1 Å². The number of carbonyl (C=O) groups excluding carboxylic acids is 1. The van der Waals surface area contributed by atoms with Gasteiger partial charge in [0.15, 0.2) is 6.04 Å². The van der Waals surface area contributed by atoms with E-state index in [1.807, 2.05) is 32.0 Å². The second-order valence-corrected chi connectivity index (χ2v) is 4.67. The maximum absolute atomic E-state index is 12.0. The van der Waals surface area contributed by atoms with Crippen LogP contribution in [0.2, 0.25) is 0 Å². The van der Waals surface area contributed by atoms with E-state index in [-0.39, 0.29) is 0 Å². The third kappa shape index (κ3) is 3.79. The number of benzene rings is 1. The molecular formula is C14H20N2O3. The third-order valence-corrected chi connectivity index (χ3v) is 3.15. The van der Waals surface area contributed by atoms with Crippen molar-refractivity contribution in [3.8, 4) is 0 Å². The van der Waals surface area contributed by atoms with Crippen LogP contribution in [0.5, 0.6) is 0 Å². The molecule has 1 atom stereocenters. The average Bonchev–Trinajstić information content (AvgIpc) is 2.34. The number of nitrogens with zero attached hydrogens (tertiary/aromatic N) is 1. The summed E-state index contributed by atoms with van der Waals surface area (Å²) in [6.07, 6.45) is 0. The maximum atomic E-state index is 12.0. The Morgan fingerprint density at radius 3 is 2.42 bits per heavy atom. The highest BCUT2D eigenvalue weighted by Crippen LogP contribution is 2.11. The molecular weight excluding hydrogens is 244 g/mol. The molecule has 0 radical (unpaired) electrons. The summed E-state index contributed by atoms with van der Waals surface area (Å²) in [6.45, 7) is 4.43. The maximum Gasteiger partial charge on any atom is 0.330 e. The Labute approximate surface area is 113 Å². The second kappa shape index (κ2) is 6.33. The quantitative estimate of drug-likeness (QED) is 0.776. The van der Waals surface area contributed by atoms with Crippen molar-refractivity contribution in [3.63, 3.8) is 0 Å². The smallest absolute Gasteiger partial charge is 0.330 e. The lowest BCUT2D eigenvalue weighted by molar-refractivity contribution is -0.147. The molecule has 1 amide bonds. The number of carbonyl (C=O) groups is 2. The number of hydrogen-bond donors (Lipinski definition) is 2. The van der Waals surface area contributed by atoms with Crippen molar-refractivity contribution in [3.05, 3.63) is 34.9 Å². The Kier molecular flexibility index (Phi) is 5.06. The molecule has 1 aromatic rings. The molecule has 0 aliphatic rings. The fraction of sp³-hybridized carbons (Fsp3) is 0.429. The van der Waals surface area contributed by atoms with Gasteiger partial charge in [0.25, 0.3) is 5.91 Å². The number of carboxylic acids is 1. The van der Waals surface area contributed by atoms with Crippen molar-refractivity contribution >= 4 is 11.9 Å². The van der Waals surface area contributed by atoms with Crippen LogP contribution >= 0.6 is 0 Å². The highest BCUT2D eigenvalue weighted by atomic mass is 16.4. The lowest BCUT2D eigenvalue weighted by atomic mass is 10.1. The number of hydrogen-bond acceptors (Lipinski definition) is 3. The number of amides is 1. The second-order valence-electron chi connectivity index (χ2n) is 4.67. The molecule has 0 fully saturated rings. The summed E-state index contributed by atoms with van der Waals surface area (Å²) >= 11 is 0. The van der Waals surface area contributed by atoms with Gasteiger partial charge in [-0.3, -0.25) is 10.1 Å². The topological polar surface area (TPSA) is 69.6 Å². The van der Waals surface area contributed by atoms with E-state index in [1.165, 1.54) is 17.5 Å². The fourth-order valence-electron chi connectivity index (χ4n) is 1.83. The predicted molar refractivity (Wildman–Crippen MR) is 72.9 cm³/mol. The Morgan fingerprint density at radius 2 is 1.95 bits per heavy atom. The van der Waals surface area contributed by atoms with Crippen LogP contribution in [-0.2, 0) is 16.1 Å². The molecule has 0 saturated carbocycles. The van der Waals surface area contributed by atoms with Crippen molar-refractivity contribution in [2.24, 2.45) is 0 Å². The van der Waals surface area contributed by atoms with E-state index < -0.39 is 17.9 Å². The van der Waals surface area contributed by atoms with Crippen LogP contribution in [-0.4, -0.2) is 42.0 Å². The molecule has 104 valence electrons. The third-order valence-electron chi connectivity index (χ3n) is 3.15. The monoisotopic (exact) mass is 264 g/mol. The van der Waals surface area contributed by atoms with Crippen LogP contribution in [0.25, 0.3) is 0 Å². The normalized spacial score (nSPS) is 12.0. The number of aryl methyl sites for hydroxylation is 2. The van der Waals surface area contributed by atoms with Crippen LogP contribution in [0.1, 0.15) is 16.7 Å². The van der Waals surface area contributed by atoms with E-state index in [0.29, 0.717) is 6.54 Å². The molecule has 5 heteroatoms. The number of likely N-dealkylation sites (N-methyl/N-ethyl adjacent to an activating group) is 2. The summed E-state index contributed by atoms with van der Waals surface area (Å²) in [7, 11) is 3.06. The van der Waals surface area contributed by atoms with E-state index in [0.717, 1.165) is 11.1 Å². The zero-order chi connectivity index (χ0) is 14.6. The molecule has 0 aliphatic carbocycles. The van der Waals surface area contributed by atoms with E-state index in [2.05, 4.69) is 5.32 Å². The van der Waals surface area contributed by atoms with Gasteiger partial charge in [-0.2, -0.15) is 0 Å². The SMILES string of the molecule is CNC(C(=O)O)C(=O)N(C)Cc1ccc(C)c(C)c1. The van der Waals surface area contributed by atoms with Gasteiger partial charge in [-0.25, -0.2) is 4.79 Å². The summed E-state index contributed by atoms with van der Waals surface area (Å²) in [5.41, 5.74) is 3.33. The van der Waals surface area contributed by atoms with Gasteiger partial charge in [0.2, 0.25) is 0 Å². The zero-order valence-corrected chi connectivity index (χ0v) is 11.7. The Morgan fingerprint density at radius 1 is 1.32 bits per heavy atom. The van der Waals surface area contributed by atoms with Crippen molar-refractivity contribution in [2.45, 2.75) is 26.4 Å². The Hall–Kier alpha value is -1.88. The van der Waals surface area contributed by atoms with Crippen LogP contribution < -0.4 is 5.32 Å². The first-order valence-electron chi connectivity index (χ1n) is 6.08. The van der Waals surface area contributed by atoms with E-state index in [1.54, 1.807) is 7.05 Å². The van der Waals surface area contributed by atoms with Gasteiger partial charge in [-0.05, 0) is 37.6 Å². The van der Waals surface area contributed by atoms with Gasteiger partial charge in [0, 0.05) is 13.6 Å². The lowest BCUT2D eigenvalue weighted by Crippen LogP contribution is -2.48. The fourth-order valence-corrected chi connectivity index (χ4v) is 1.83. The number of carboxylic acid groups (broad SMARTS) is 1. The minimum Gasteiger partial charge on any atom is -0.480 e. The minimum absolute atomic E-state index is 0.394. The summed E-state index contributed by atoms with van der Waals surface area (Å²) in [4.78, 5) is 24.3. The molecule has 1 unspecified atom stereocenters. The largest absolute Gasteiger partial charge is 0.480 e. The van der Waals surface area contributed by atoms with Crippen molar-refractivity contribution in [1.29, 1.82) is 0 Å². The van der Waals surface area contributed by atoms with Gasteiger partial charge < -0.3 is 10.0 Å². The predicted octanol–water partition coefficient (Wildman–Crippen LogP) is 0.934. The summed E-state index contributed by atoms with van der Waals surface area (Å²) in [6, 6.07) is 4.75. The highest BCUT2D eigenvalue weighted by molar-refractivity contribution is 6.00. The van der Waals surface area contributed by atoms with E-state index >= 15 is 0 Å². The molecule has 0 aromatic heterocycles. The summed E-state index contributed by atoms with van der Waals surface area (Å²) in [5, 5.41) is 11.4. The van der Waals surface area contributed by atoms with Gasteiger partial charge in [0.1, 0.15) is 0 Å². The van der Waals surface area contributed by atoms with Crippen molar-refractivity contribution in [1.82, 2.24) is 10.2 Å². The van der Waals surface area contributed by atoms with Gasteiger partial charge >= 0.3 is 5.97 Å². The van der Waals surface area contributed by atoms with Gasteiger partial charge in [-0.15, -0.1) is 0 Å². The molecule has 1 rings (SSSR count). The zero-order valence-electron chi connectivity index (χ0n) is 11.7. The van der Waals surface area contributed by atoms with E-state index in [9.17, 15) is 9.59 Å². The van der Waals surface area contributed by atoms with Crippen molar-refractivity contribution < 1.29 is 14.7 Å². The molecule has 0 spiro atoms. The molecule has 0 bridgehead atoms. The minimum atomic E-state index is -1.20. The molecule has 0 aliphatic heterocycles. The molecule has 2 N–H and O–H groups in total. The van der Waals surface area contributed by atoms with Crippen LogP contribution in [0.15, 0.2) is 18.2 Å². The summed E-state index contributed by atoms with van der Waals surface area (Å²) < 4.78 is 0. The standard InChI is InChI=1S/C14H20N2O3/c1-9-5-6-11(7-10(9)2)8-16(4)13(17)12(15-3)14(18)19/h5-7,12,15H,8H2,1-4H3,(H,18,19). The molecule has 0 heterocycles. The highest BCUT2D eigenvalue weighted by Gasteiger charge is 2.27. The lowest BCUT2D eigenvalue weighted by Gasteiger charge is -2.21. The van der Waals surface area contributed by atoms with Gasteiger partial charge in [-0.1, -0.05) is 18.2 Å². The van der Waals surface area contributed by atoms with Gasteiger partial charge in [0.05, 0.1) is 0 Å². The van der Waals surface area contributed by atoms with Crippen LogP contribution in [0.4, 0.5) is 0 Å². The van der Waals surface area contributed by atoms with Crippen LogP contribution in [0.3, 0.4) is 0 Å². The Balaban J connectivity index is 2.78. The van der Waals surface area contributed by atoms with E-state index in [4.69, 9.17) is 5.11 Å². The first-order chi connectivity index (χ1) is 8.86. The number of nitrogens with one attached hydrogen (secondary N) is 1. The molecule has 5 nitrogen and oxygen atoms in total. The van der Waals surface area contributed by atoms with Crippen LogP contribution in [0, 0.1) is 13.8 Å². The first kappa shape index (κ1) is 15.2.